The fourth-order valence-electron chi connectivity index (χ4n) is 3.56. The standard InChI is InChI=1S/C17H28N4O2/c1-4-5-12-10-14(12)16(22)20-8-6-13(7-9-20)21-11-15(18-19-21)17(2,3)23/h11-14,23H,4-10H2,1-3H3/t12-,14+/m1/s1. The summed E-state index contributed by atoms with van der Waals surface area (Å²) in [5, 5.41) is 18.2. The second kappa shape index (κ2) is 6.23. The van der Waals surface area contributed by atoms with Crippen LogP contribution in [0.3, 0.4) is 0 Å². The monoisotopic (exact) mass is 320 g/mol. The molecule has 2 aliphatic rings. The van der Waals surface area contributed by atoms with Gasteiger partial charge in [0.15, 0.2) is 0 Å². The van der Waals surface area contributed by atoms with Gasteiger partial charge in [-0.05, 0) is 45.4 Å². The zero-order valence-electron chi connectivity index (χ0n) is 14.4. The Morgan fingerprint density at radius 2 is 2.09 bits per heavy atom. The number of aromatic nitrogens is 3. The van der Waals surface area contributed by atoms with Crippen molar-refractivity contribution in [1.82, 2.24) is 19.9 Å². The van der Waals surface area contributed by atoms with Crippen molar-refractivity contribution in [3.63, 3.8) is 0 Å². The lowest BCUT2D eigenvalue weighted by Crippen LogP contribution is -2.40. The first-order valence-corrected chi connectivity index (χ1v) is 8.83. The smallest absolute Gasteiger partial charge is 0.225 e. The van der Waals surface area contributed by atoms with E-state index in [-0.39, 0.29) is 6.04 Å². The number of hydrogen-bond acceptors (Lipinski definition) is 4. The highest BCUT2D eigenvalue weighted by Crippen LogP contribution is 2.43. The SMILES string of the molecule is CCC[C@@H]1C[C@@H]1C(=O)N1CCC(n2cc(C(C)(C)O)nn2)CC1. The molecule has 23 heavy (non-hydrogen) atoms. The maximum absolute atomic E-state index is 12.5. The van der Waals surface area contributed by atoms with Crippen LogP contribution in [0.2, 0.25) is 0 Å². The van der Waals surface area contributed by atoms with E-state index in [1.807, 2.05) is 15.8 Å². The van der Waals surface area contributed by atoms with Gasteiger partial charge in [0.1, 0.15) is 11.3 Å². The zero-order chi connectivity index (χ0) is 16.6. The Morgan fingerprint density at radius 1 is 1.39 bits per heavy atom. The summed E-state index contributed by atoms with van der Waals surface area (Å²) in [5.41, 5.74) is -0.369. The van der Waals surface area contributed by atoms with Crippen molar-refractivity contribution in [2.24, 2.45) is 11.8 Å². The number of carbonyl (C=O) groups is 1. The molecule has 1 amide bonds. The Bertz CT molecular complexity index is 555. The molecule has 0 radical (unpaired) electrons. The molecule has 2 atom stereocenters. The average Bonchev–Trinajstić information content (AvgIpc) is 3.09. The lowest BCUT2D eigenvalue weighted by atomic mass is 10.0. The van der Waals surface area contributed by atoms with Crippen LogP contribution in [0.25, 0.3) is 0 Å². The fraction of sp³-hybridized carbons (Fsp3) is 0.824. The molecule has 1 aromatic rings. The summed E-state index contributed by atoms with van der Waals surface area (Å²) in [4.78, 5) is 14.5. The second-order valence-electron chi connectivity index (χ2n) is 7.59. The van der Waals surface area contributed by atoms with Gasteiger partial charge in [-0.15, -0.1) is 5.10 Å². The van der Waals surface area contributed by atoms with Crippen LogP contribution in [0, 0.1) is 11.8 Å². The second-order valence-corrected chi connectivity index (χ2v) is 7.59. The quantitative estimate of drug-likeness (QED) is 0.902. The van der Waals surface area contributed by atoms with Crippen LogP contribution in [-0.2, 0) is 10.4 Å². The minimum atomic E-state index is -0.963. The fourth-order valence-corrected chi connectivity index (χ4v) is 3.56. The normalized spacial score (nSPS) is 25.7. The van der Waals surface area contributed by atoms with Gasteiger partial charge in [-0.3, -0.25) is 4.79 Å². The highest BCUT2D eigenvalue weighted by molar-refractivity contribution is 5.81. The van der Waals surface area contributed by atoms with Gasteiger partial charge in [-0.1, -0.05) is 18.6 Å². The van der Waals surface area contributed by atoms with Crippen molar-refractivity contribution in [3.05, 3.63) is 11.9 Å². The molecular formula is C17H28N4O2. The van der Waals surface area contributed by atoms with Gasteiger partial charge < -0.3 is 10.0 Å². The largest absolute Gasteiger partial charge is 0.384 e. The molecule has 2 heterocycles. The van der Waals surface area contributed by atoms with Crippen molar-refractivity contribution < 1.29 is 9.90 Å². The topological polar surface area (TPSA) is 71.2 Å². The van der Waals surface area contributed by atoms with Crippen LogP contribution in [-0.4, -0.2) is 44.0 Å². The van der Waals surface area contributed by atoms with Crippen LogP contribution in [0.4, 0.5) is 0 Å². The molecule has 1 aliphatic carbocycles. The van der Waals surface area contributed by atoms with E-state index in [4.69, 9.17) is 0 Å². The van der Waals surface area contributed by atoms with Crippen LogP contribution >= 0.6 is 0 Å². The number of hydrogen-bond donors (Lipinski definition) is 1. The van der Waals surface area contributed by atoms with Gasteiger partial charge in [-0.25, -0.2) is 4.68 Å². The van der Waals surface area contributed by atoms with E-state index < -0.39 is 5.60 Å². The van der Waals surface area contributed by atoms with E-state index >= 15 is 0 Å². The van der Waals surface area contributed by atoms with E-state index in [1.165, 1.54) is 12.8 Å². The lowest BCUT2D eigenvalue weighted by Gasteiger charge is -2.32. The molecule has 1 N–H and O–H groups in total. The molecule has 128 valence electrons. The molecule has 0 spiro atoms. The molecular weight excluding hydrogens is 292 g/mol. The van der Waals surface area contributed by atoms with Gasteiger partial charge in [-0.2, -0.15) is 0 Å². The van der Waals surface area contributed by atoms with E-state index in [2.05, 4.69) is 17.2 Å². The number of aliphatic hydroxyl groups is 1. The molecule has 0 bridgehead atoms. The van der Waals surface area contributed by atoms with Crippen molar-refractivity contribution in [1.29, 1.82) is 0 Å². The van der Waals surface area contributed by atoms with Gasteiger partial charge in [0.2, 0.25) is 5.91 Å². The third-order valence-electron chi connectivity index (χ3n) is 5.19. The lowest BCUT2D eigenvalue weighted by molar-refractivity contribution is -0.134. The molecule has 1 saturated heterocycles. The molecule has 6 heteroatoms. The summed E-state index contributed by atoms with van der Waals surface area (Å²) in [5.74, 6) is 1.28. The first kappa shape index (κ1) is 16.4. The van der Waals surface area contributed by atoms with Crippen LogP contribution in [0.1, 0.15) is 64.6 Å². The summed E-state index contributed by atoms with van der Waals surface area (Å²) in [6.07, 6.45) is 7.10. The summed E-state index contributed by atoms with van der Waals surface area (Å²) < 4.78 is 1.85. The van der Waals surface area contributed by atoms with Gasteiger partial charge in [0, 0.05) is 19.0 Å². The van der Waals surface area contributed by atoms with E-state index in [0.717, 1.165) is 32.4 Å². The molecule has 1 aromatic heterocycles. The Balaban J connectivity index is 1.53. The highest BCUT2D eigenvalue weighted by atomic mass is 16.3. The molecule has 1 aliphatic heterocycles. The minimum absolute atomic E-state index is 0.272. The number of piperidine rings is 1. The first-order valence-electron chi connectivity index (χ1n) is 8.83. The Labute approximate surface area is 137 Å². The molecule has 0 unspecified atom stereocenters. The van der Waals surface area contributed by atoms with Crippen molar-refractivity contribution >= 4 is 5.91 Å². The molecule has 0 aromatic carbocycles. The maximum Gasteiger partial charge on any atom is 0.225 e. The van der Waals surface area contributed by atoms with E-state index in [1.54, 1.807) is 13.8 Å². The Kier molecular flexibility index (Phi) is 4.45. The summed E-state index contributed by atoms with van der Waals surface area (Å²) >= 11 is 0. The predicted molar refractivity (Wildman–Crippen MR) is 86.6 cm³/mol. The predicted octanol–water partition coefficient (Wildman–Crippen LogP) is 2.11. The summed E-state index contributed by atoms with van der Waals surface area (Å²) in [6, 6.07) is 0.272. The number of rotatable bonds is 5. The minimum Gasteiger partial charge on any atom is -0.384 e. The summed E-state index contributed by atoms with van der Waals surface area (Å²) in [6.45, 7) is 7.22. The Morgan fingerprint density at radius 3 is 2.65 bits per heavy atom. The number of carbonyl (C=O) groups excluding carboxylic acids is 1. The maximum atomic E-state index is 12.5. The average molecular weight is 320 g/mol. The third-order valence-corrected chi connectivity index (χ3v) is 5.19. The van der Waals surface area contributed by atoms with Crippen molar-refractivity contribution in [2.45, 2.75) is 64.5 Å². The van der Waals surface area contributed by atoms with Crippen LogP contribution < -0.4 is 0 Å². The van der Waals surface area contributed by atoms with Gasteiger partial charge in [0.05, 0.1) is 12.2 Å². The third kappa shape index (κ3) is 3.57. The van der Waals surface area contributed by atoms with Crippen molar-refractivity contribution in [2.75, 3.05) is 13.1 Å². The first-order chi connectivity index (χ1) is 10.9. The van der Waals surface area contributed by atoms with E-state index in [9.17, 15) is 9.90 Å². The highest BCUT2D eigenvalue weighted by Gasteiger charge is 2.44. The zero-order valence-corrected chi connectivity index (χ0v) is 14.4. The van der Waals surface area contributed by atoms with Crippen molar-refractivity contribution in [3.8, 4) is 0 Å². The Hall–Kier alpha value is -1.43. The molecule has 3 rings (SSSR count). The molecule has 2 fully saturated rings. The number of amides is 1. The number of nitrogens with zero attached hydrogens (tertiary/aromatic N) is 4. The van der Waals surface area contributed by atoms with Gasteiger partial charge in [0.25, 0.3) is 0 Å². The molecule has 1 saturated carbocycles. The molecule has 6 nitrogen and oxygen atoms in total. The van der Waals surface area contributed by atoms with E-state index in [0.29, 0.717) is 23.4 Å². The van der Waals surface area contributed by atoms with Gasteiger partial charge >= 0.3 is 0 Å². The summed E-state index contributed by atoms with van der Waals surface area (Å²) in [7, 11) is 0. The number of likely N-dealkylation sites (tertiary alicyclic amines) is 1. The van der Waals surface area contributed by atoms with Crippen LogP contribution in [0.15, 0.2) is 6.20 Å². The van der Waals surface area contributed by atoms with Crippen LogP contribution in [0.5, 0.6) is 0 Å².